The van der Waals surface area contributed by atoms with Gasteiger partial charge in [0.2, 0.25) is 5.88 Å². The Hall–Kier alpha value is -3.40. The van der Waals surface area contributed by atoms with E-state index < -0.39 is 0 Å². The molecule has 3 aromatic carbocycles. The first-order valence-electron chi connectivity index (χ1n) is 8.41. The van der Waals surface area contributed by atoms with Crippen molar-refractivity contribution in [2.75, 3.05) is 7.11 Å². The molecule has 0 amide bonds. The van der Waals surface area contributed by atoms with Gasteiger partial charge in [-0.1, -0.05) is 54.6 Å². The van der Waals surface area contributed by atoms with Crippen LogP contribution in [0, 0.1) is 0 Å². The molecular weight excluding hydrogens is 324 g/mol. The summed E-state index contributed by atoms with van der Waals surface area (Å²) in [7, 11) is 1.66. The topological polar surface area (TPSA) is 44.2 Å². The monoisotopic (exact) mass is 342 g/mol. The maximum absolute atomic E-state index is 6.05. The van der Waals surface area contributed by atoms with Crippen LogP contribution >= 0.6 is 0 Å². The maximum Gasteiger partial charge on any atom is 0.225 e. The van der Waals surface area contributed by atoms with Gasteiger partial charge in [0.1, 0.15) is 12.4 Å². The van der Waals surface area contributed by atoms with Gasteiger partial charge in [0.15, 0.2) is 5.82 Å². The summed E-state index contributed by atoms with van der Waals surface area (Å²) in [6.07, 6.45) is 0. The summed E-state index contributed by atoms with van der Waals surface area (Å²) in [5, 5.41) is 0.903. The van der Waals surface area contributed by atoms with Crippen LogP contribution < -0.4 is 9.47 Å². The van der Waals surface area contributed by atoms with Gasteiger partial charge >= 0.3 is 0 Å². The zero-order chi connectivity index (χ0) is 17.8. The first kappa shape index (κ1) is 16.1. The van der Waals surface area contributed by atoms with E-state index in [-0.39, 0.29) is 0 Å². The lowest BCUT2D eigenvalue weighted by atomic mass is 10.2. The quantitative estimate of drug-likeness (QED) is 0.518. The SMILES string of the molecule is COc1ccc(COc2nc(-c3ccccc3)nc3ccccc23)cc1. The van der Waals surface area contributed by atoms with Gasteiger partial charge in [-0.2, -0.15) is 4.98 Å². The third-order valence-electron chi connectivity index (χ3n) is 4.13. The summed E-state index contributed by atoms with van der Waals surface area (Å²) in [6, 6.07) is 25.6. The molecule has 0 bridgehead atoms. The van der Waals surface area contributed by atoms with E-state index in [9.17, 15) is 0 Å². The van der Waals surface area contributed by atoms with Gasteiger partial charge in [-0.3, -0.25) is 0 Å². The summed E-state index contributed by atoms with van der Waals surface area (Å²) in [6.45, 7) is 0.430. The Morgan fingerprint density at radius 3 is 2.27 bits per heavy atom. The minimum absolute atomic E-state index is 0.430. The van der Waals surface area contributed by atoms with Crippen molar-refractivity contribution in [1.29, 1.82) is 0 Å². The van der Waals surface area contributed by atoms with Crippen molar-refractivity contribution in [3.05, 3.63) is 84.4 Å². The predicted molar refractivity (Wildman–Crippen MR) is 102 cm³/mol. The fraction of sp³-hybridized carbons (Fsp3) is 0.0909. The normalized spacial score (nSPS) is 10.7. The van der Waals surface area contributed by atoms with Crippen LogP contribution in [0.2, 0.25) is 0 Å². The minimum atomic E-state index is 0.430. The molecule has 128 valence electrons. The summed E-state index contributed by atoms with van der Waals surface area (Å²) >= 11 is 0. The number of ether oxygens (including phenoxy) is 2. The van der Waals surface area contributed by atoms with Gasteiger partial charge in [-0.05, 0) is 29.8 Å². The van der Waals surface area contributed by atoms with Gasteiger partial charge in [0.25, 0.3) is 0 Å². The molecule has 0 unspecified atom stereocenters. The molecule has 0 radical (unpaired) electrons. The standard InChI is InChI=1S/C22H18N2O2/c1-25-18-13-11-16(12-14-18)15-26-22-19-9-5-6-10-20(19)23-21(24-22)17-7-3-2-4-8-17/h2-14H,15H2,1H3. The molecule has 0 saturated heterocycles. The highest BCUT2D eigenvalue weighted by molar-refractivity contribution is 5.85. The summed E-state index contributed by atoms with van der Waals surface area (Å²) < 4.78 is 11.2. The minimum Gasteiger partial charge on any atom is -0.497 e. The molecule has 0 aliphatic rings. The molecule has 1 heterocycles. The number of aromatic nitrogens is 2. The zero-order valence-electron chi connectivity index (χ0n) is 14.4. The molecule has 26 heavy (non-hydrogen) atoms. The lowest BCUT2D eigenvalue weighted by Gasteiger charge is -2.11. The lowest BCUT2D eigenvalue weighted by molar-refractivity contribution is 0.298. The number of hydrogen-bond donors (Lipinski definition) is 0. The van der Waals surface area contributed by atoms with E-state index in [2.05, 4.69) is 9.97 Å². The summed E-state index contributed by atoms with van der Waals surface area (Å²) in [5.41, 5.74) is 2.88. The molecule has 0 saturated carbocycles. The van der Waals surface area contributed by atoms with Gasteiger partial charge < -0.3 is 9.47 Å². The predicted octanol–water partition coefficient (Wildman–Crippen LogP) is 4.88. The van der Waals surface area contributed by atoms with Crippen LogP contribution in [0.4, 0.5) is 0 Å². The average Bonchev–Trinajstić information content (AvgIpc) is 2.73. The second kappa shape index (κ2) is 7.23. The molecular formula is C22H18N2O2. The second-order valence-electron chi connectivity index (χ2n) is 5.87. The van der Waals surface area contributed by atoms with Crippen LogP contribution in [-0.2, 0) is 6.61 Å². The largest absolute Gasteiger partial charge is 0.497 e. The van der Waals surface area contributed by atoms with Crippen LogP contribution in [0.1, 0.15) is 5.56 Å². The Morgan fingerprint density at radius 1 is 0.769 bits per heavy atom. The third kappa shape index (κ3) is 3.35. The Balaban J connectivity index is 1.68. The molecule has 4 nitrogen and oxygen atoms in total. The number of fused-ring (bicyclic) bond motifs is 1. The third-order valence-corrected chi connectivity index (χ3v) is 4.13. The van der Waals surface area contributed by atoms with Gasteiger partial charge in [-0.15, -0.1) is 0 Å². The second-order valence-corrected chi connectivity index (χ2v) is 5.87. The van der Waals surface area contributed by atoms with E-state index in [0.29, 0.717) is 18.3 Å². The Bertz CT molecular complexity index is 1020. The van der Waals surface area contributed by atoms with E-state index in [1.165, 1.54) is 0 Å². The van der Waals surface area contributed by atoms with Gasteiger partial charge in [0, 0.05) is 5.56 Å². The first-order valence-corrected chi connectivity index (χ1v) is 8.41. The van der Waals surface area contributed by atoms with Crippen molar-refractivity contribution < 1.29 is 9.47 Å². The van der Waals surface area contributed by atoms with E-state index in [0.717, 1.165) is 27.8 Å². The van der Waals surface area contributed by atoms with E-state index in [1.54, 1.807) is 7.11 Å². The molecule has 4 aromatic rings. The molecule has 0 fully saturated rings. The molecule has 0 spiro atoms. The van der Waals surface area contributed by atoms with Crippen molar-refractivity contribution in [1.82, 2.24) is 9.97 Å². The molecule has 1 aromatic heterocycles. The summed E-state index contributed by atoms with van der Waals surface area (Å²) in [5.74, 6) is 2.08. The molecule has 4 heteroatoms. The molecule has 4 rings (SSSR count). The van der Waals surface area contributed by atoms with Crippen LogP contribution in [-0.4, -0.2) is 17.1 Å². The lowest BCUT2D eigenvalue weighted by Crippen LogP contribution is -2.01. The van der Waals surface area contributed by atoms with Crippen LogP contribution in [0.15, 0.2) is 78.9 Å². The van der Waals surface area contributed by atoms with Crippen molar-refractivity contribution >= 4 is 10.9 Å². The van der Waals surface area contributed by atoms with E-state index in [1.807, 2.05) is 78.9 Å². The number of para-hydroxylation sites is 1. The Labute approximate surface area is 152 Å². The number of methoxy groups -OCH3 is 1. The van der Waals surface area contributed by atoms with Crippen molar-refractivity contribution in [3.63, 3.8) is 0 Å². The van der Waals surface area contributed by atoms with Crippen LogP contribution in [0.3, 0.4) is 0 Å². The smallest absolute Gasteiger partial charge is 0.225 e. The van der Waals surface area contributed by atoms with Gasteiger partial charge in [0.05, 0.1) is 18.0 Å². The van der Waals surface area contributed by atoms with E-state index >= 15 is 0 Å². The Morgan fingerprint density at radius 2 is 1.50 bits per heavy atom. The fourth-order valence-corrected chi connectivity index (χ4v) is 2.75. The zero-order valence-corrected chi connectivity index (χ0v) is 14.4. The first-order chi connectivity index (χ1) is 12.8. The summed E-state index contributed by atoms with van der Waals surface area (Å²) in [4.78, 5) is 9.34. The van der Waals surface area contributed by atoms with Crippen molar-refractivity contribution in [2.24, 2.45) is 0 Å². The van der Waals surface area contributed by atoms with Crippen LogP contribution in [0.5, 0.6) is 11.6 Å². The van der Waals surface area contributed by atoms with Crippen molar-refractivity contribution in [3.8, 4) is 23.0 Å². The maximum atomic E-state index is 6.05. The highest BCUT2D eigenvalue weighted by atomic mass is 16.5. The van der Waals surface area contributed by atoms with Crippen molar-refractivity contribution in [2.45, 2.75) is 6.61 Å². The van der Waals surface area contributed by atoms with E-state index in [4.69, 9.17) is 9.47 Å². The average molecular weight is 342 g/mol. The fourth-order valence-electron chi connectivity index (χ4n) is 2.75. The van der Waals surface area contributed by atoms with Gasteiger partial charge in [-0.25, -0.2) is 4.98 Å². The number of rotatable bonds is 5. The molecule has 0 aliphatic heterocycles. The number of nitrogens with zero attached hydrogens (tertiary/aromatic N) is 2. The molecule has 0 aliphatic carbocycles. The molecule has 0 N–H and O–H groups in total. The number of benzene rings is 3. The highest BCUT2D eigenvalue weighted by Gasteiger charge is 2.10. The molecule has 0 atom stereocenters. The number of hydrogen-bond acceptors (Lipinski definition) is 4. The highest BCUT2D eigenvalue weighted by Crippen LogP contribution is 2.27. The Kier molecular flexibility index (Phi) is 4.48. The van der Waals surface area contributed by atoms with Crippen LogP contribution in [0.25, 0.3) is 22.3 Å².